The molecule has 3 saturated heterocycles. The number of aliphatic hydroxyl groups excluding tert-OH is 3. The number of hydrogen-bond acceptors (Lipinski definition) is 15. The van der Waals surface area contributed by atoms with E-state index in [2.05, 4.69) is 38.8 Å². The molecule has 14 N–H and O–H groups in total. The molecule has 4 aromatic rings. The van der Waals surface area contributed by atoms with Crippen molar-refractivity contribution < 1.29 is 63.5 Å². The summed E-state index contributed by atoms with van der Waals surface area (Å²) in [6.07, 6.45) is -1.72. The van der Waals surface area contributed by atoms with E-state index in [1.807, 2.05) is 48.5 Å². The first-order valence-corrected chi connectivity index (χ1v) is 27.9. The van der Waals surface area contributed by atoms with Crippen molar-refractivity contribution in [2.75, 3.05) is 38.1 Å². The number of hydrogen-bond donors (Lipinski definition) is 12. The van der Waals surface area contributed by atoms with Gasteiger partial charge in [-0.05, 0) is 117 Å². The van der Waals surface area contributed by atoms with Gasteiger partial charge in [-0.2, -0.15) is 0 Å². The van der Waals surface area contributed by atoms with E-state index in [1.54, 1.807) is 24.3 Å². The standard InChI is InChI=1S/C59H76N10O13/c1-4-5-6-26-82-43-21-19-39(20-22-43)37-13-11-36(12-14-37)38-15-17-40(18-16-38)53(75)64-44-8-7-25-62-56(78)47-28-41(61)31-68(47)58(80)51(33(2)70)67-55(77)45(23-9-35-10-24-49(73)46(27-35)63-50(74)30-60)65-57(79)48-29-42(72)32-69(48)59(81)52(34(3)71)66-54(44)76/h10-22,24,27,33-34,41-42,44-45,47-48,51-52,70-73H,4-9,23,25-26,28-32,60-61H2,1-3H3,(H,62,78)(H,63,74)(H,64,75)(H,65,79)(H,66,76)(H,67,77)/t33-,34-,41+,42-,44-,45-,47+,48+,51+,52+/m1/s1. The molecule has 0 unspecified atom stereocenters. The third-order valence-corrected chi connectivity index (χ3v) is 14.9. The highest BCUT2D eigenvalue weighted by atomic mass is 16.5. The Labute approximate surface area is 475 Å². The fourth-order valence-corrected chi connectivity index (χ4v) is 10.3. The van der Waals surface area contributed by atoms with E-state index in [1.165, 1.54) is 32.0 Å². The lowest BCUT2D eigenvalue weighted by molar-refractivity contribution is -0.145. The molecule has 0 spiro atoms. The molecule has 3 aliphatic heterocycles. The number of rotatable bonds is 16. The van der Waals surface area contributed by atoms with Gasteiger partial charge in [0.15, 0.2) is 0 Å². The minimum Gasteiger partial charge on any atom is -0.506 e. The van der Waals surface area contributed by atoms with E-state index in [0.717, 1.165) is 57.1 Å². The van der Waals surface area contributed by atoms with Gasteiger partial charge >= 0.3 is 0 Å². The molecule has 23 nitrogen and oxygen atoms in total. The Morgan fingerprint density at radius 2 is 1.30 bits per heavy atom. The maximum absolute atomic E-state index is 14.5. The van der Waals surface area contributed by atoms with Crippen LogP contribution >= 0.6 is 0 Å². The fourth-order valence-electron chi connectivity index (χ4n) is 10.3. The van der Waals surface area contributed by atoms with E-state index in [-0.39, 0.29) is 75.2 Å². The van der Waals surface area contributed by atoms with Crippen LogP contribution in [-0.2, 0) is 40.0 Å². The van der Waals surface area contributed by atoms with Gasteiger partial charge in [-0.25, -0.2) is 0 Å². The van der Waals surface area contributed by atoms with Gasteiger partial charge < -0.3 is 78.3 Å². The number of phenolic OH excluding ortho intramolecular Hbond substituents is 1. The number of anilines is 1. The summed E-state index contributed by atoms with van der Waals surface area (Å²) in [6, 6.07) is 17.2. The molecule has 82 heavy (non-hydrogen) atoms. The number of aryl methyl sites for hydroxylation is 1. The van der Waals surface area contributed by atoms with Crippen LogP contribution in [0.3, 0.4) is 0 Å². The zero-order valence-corrected chi connectivity index (χ0v) is 46.3. The molecule has 8 amide bonds. The molecule has 0 saturated carbocycles. The zero-order valence-electron chi connectivity index (χ0n) is 46.3. The molecule has 3 fully saturated rings. The summed E-state index contributed by atoms with van der Waals surface area (Å²) in [4.78, 5) is 114. The molecule has 3 aliphatic rings. The average molecular weight is 1130 g/mol. The highest BCUT2D eigenvalue weighted by Crippen LogP contribution is 2.29. The van der Waals surface area contributed by atoms with Crippen molar-refractivity contribution in [2.24, 2.45) is 11.5 Å². The molecular formula is C59H76N10O13. The van der Waals surface area contributed by atoms with Gasteiger partial charge in [-0.1, -0.05) is 74.4 Å². The SMILES string of the molecule is CCCCCOc1ccc(-c2ccc(-c3ccc(C(=O)N[C@@H]4CCCNC(=O)[C@@H]5C[C@H](N)CN5C(=O)[C@H]([C@@H](C)O)NC(=O)[C@@H](CCc5ccc(O)c(NC(=O)CN)c5)NC(=O)[C@@H]5C[C@@H](O)CN5C(=O)[C@H]([C@@H](C)O)NC4=O)cc3)cc2)cc1. The smallest absolute Gasteiger partial charge is 0.251 e. The summed E-state index contributed by atoms with van der Waals surface area (Å²) in [5.41, 5.74) is 16.1. The van der Waals surface area contributed by atoms with Crippen molar-refractivity contribution in [3.63, 3.8) is 0 Å². The average Bonchev–Trinajstić information content (AvgIpc) is 4.09. The number of benzene rings is 4. The Morgan fingerprint density at radius 3 is 1.90 bits per heavy atom. The molecule has 0 radical (unpaired) electrons. The third-order valence-electron chi connectivity index (χ3n) is 14.9. The van der Waals surface area contributed by atoms with Crippen molar-refractivity contribution in [3.05, 3.63) is 102 Å². The molecule has 0 aromatic heterocycles. The van der Waals surface area contributed by atoms with Crippen LogP contribution < -0.4 is 48.1 Å². The number of nitrogens with zero attached hydrogens (tertiary/aromatic N) is 2. The summed E-state index contributed by atoms with van der Waals surface area (Å²) < 4.78 is 5.86. The lowest BCUT2D eigenvalue weighted by Gasteiger charge is -2.32. The van der Waals surface area contributed by atoms with Gasteiger partial charge in [0, 0.05) is 37.7 Å². The van der Waals surface area contributed by atoms with Crippen LogP contribution in [-0.4, -0.2) is 171 Å². The summed E-state index contributed by atoms with van der Waals surface area (Å²) in [6.45, 7) is 4.32. The minimum atomic E-state index is -1.72. The van der Waals surface area contributed by atoms with Crippen molar-refractivity contribution >= 4 is 52.9 Å². The number of phenols is 1. The topological polar surface area (TPSA) is 357 Å². The molecule has 0 bridgehead atoms. The minimum absolute atomic E-state index is 0.00304. The molecule has 0 aliphatic carbocycles. The van der Waals surface area contributed by atoms with Crippen LogP contribution in [0.5, 0.6) is 11.5 Å². The number of unbranched alkanes of at least 4 members (excludes halogenated alkanes) is 2. The van der Waals surface area contributed by atoms with Crippen molar-refractivity contribution in [3.8, 4) is 33.8 Å². The number of aliphatic hydroxyl groups is 3. The van der Waals surface area contributed by atoms with E-state index < -0.39 is 114 Å². The van der Waals surface area contributed by atoms with E-state index in [9.17, 15) is 58.8 Å². The number of aromatic hydroxyl groups is 1. The molecule has 7 rings (SSSR count). The number of carbonyl (C=O) groups excluding carboxylic acids is 8. The molecule has 3 heterocycles. The van der Waals surface area contributed by atoms with Gasteiger partial charge in [0.2, 0.25) is 41.4 Å². The van der Waals surface area contributed by atoms with Crippen LogP contribution in [0.15, 0.2) is 91.0 Å². The normalized spacial score (nSPS) is 23.9. The molecule has 4 aromatic carbocycles. The Morgan fingerprint density at radius 1 is 0.732 bits per heavy atom. The van der Waals surface area contributed by atoms with Crippen LogP contribution in [0.4, 0.5) is 5.69 Å². The maximum Gasteiger partial charge on any atom is 0.251 e. The maximum atomic E-state index is 14.5. The number of amides is 8. The highest BCUT2D eigenvalue weighted by Gasteiger charge is 2.46. The molecular weight excluding hydrogens is 1060 g/mol. The first kappa shape index (κ1) is 61.7. The first-order valence-electron chi connectivity index (χ1n) is 27.9. The second-order valence-electron chi connectivity index (χ2n) is 21.2. The summed E-state index contributed by atoms with van der Waals surface area (Å²) in [7, 11) is 0. The van der Waals surface area contributed by atoms with Crippen molar-refractivity contribution in [1.82, 2.24) is 36.4 Å². The third kappa shape index (κ3) is 15.9. The number of carbonyl (C=O) groups is 8. The van der Waals surface area contributed by atoms with Gasteiger partial charge in [0.25, 0.3) is 5.91 Å². The van der Waals surface area contributed by atoms with Crippen LogP contribution in [0, 0.1) is 0 Å². The second-order valence-corrected chi connectivity index (χ2v) is 21.2. The largest absolute Gasteiger partial charge is 0.506 e. The lowest BCUT2D eigenvalue weighted by Crippen LogP contribution is -2.61. The van der Waals surface area contributed by atoms with E-state index in [4.69, 9.17) is 16.2 Å². The Hall–Kier alpha value is -7.96. The predicted molar refractivity (Wildman–Crippen MR) is 303 cm³/mol. The summed E-state index contributed by atoms with van der Waals surface area (Å²) >= 11 is 0. The molecule has 440 valence electrons. The fraction of sp³-hybridized carbons (Fsp3) is 0.458. The van der Waals surface area contributed by atoms with E-state index in [0.29, 0.717) is 12.2 Å². The van der Waals surface area contributed by atoms with E-state index >= 15 is 0 Å². The molecule has 23 heteroatoms. The first-order chi connectivity index (χ1) is 39.2. The monoisotopic (exact) mass is 1130 g/mol. The van der Waals surface area contributed by atoms with Gasteiger partial charge in [-0.15, -0.1) is 0 Å². The number of nitrogens with two attached hydrogens (primary N) is 2. The second kappa shape index (κ2) is 28.6. The number of fused-ring (bicyclic) bond motifs is 2. The quantitative estimate of drug-likeness (QED) is 0.0549. The van der Waals surface area contributed by atoms with Crippen molar-refractivity contribution in [1.29, 1.82) is 0 Å². The lowest BCUT2D eigenvalue weighted by atomic mass is 9.99. The van der Waals surface area contributed by atoms with Gasteiger partial charge in [0.1, 0.15) is 47.8 Å². The van der Waals surface area contributed by atoms with Gasteiger partial charge in [0.05, 0.1) is 37.2 Å². The summed E-state index contributed by atoms with van der Waals surface area (Å²) in [5.74, 6) is -5.95. The Kier molecular flexibility index (Phi) is 21.5. The Bertz CT molecular complexity index is 2910. The van der Waals surface area contributed by atoms with Gasteiger partial charge in [-0.3, -0.25) is 38.4 Å². The summed E-state index contributed by atoms with van der Waals surface area (Å²) in [5, 5.41) is 59.2. The van der Waals surface area contributed by atoms with Crippen LogP contribution in [0.2, 0.25) is 0 Å². The van der Waals surface area contributed by atoms with Crippen LogP contribution in [0.25, 0.3) is 22.3 Å². The predicted octanol–water partition coefficient (Wildman–Crippen LogP) is 0.940. The van der Waals surface area contributed by atoms with Crippen LogP contribution in [0.1, 0.15) is 88.1 Å². The zero-order chi connectivity index (χ0) is 59.2. The van der Waals surface area contributed by atoms with Crippen molar-refractivity contribution in [2.45, 2.75) is 139 Å². The Balaban J connectivity index is 1.12. The number of ether oxygens (including phenoxy) is 1. The molecule has 10 atom stereocenters. The highest BCUT2D eigenvalue weighted by molar-refractivity contribution is 6.00. The number of nitrogens with one attached hydrogen (secondary N) is 6.